The van der Waals surface area contributed by atoms with Crippen molar-refractivity contribution in [3.63, 3.8) is 0 Å². The van der Waals surface area contributed by atoms with E-state index in [1.807, 2.05) is 59.3 Å². The number of carbonyl (C=O) groups is 1. The second-order valence-electron chi connectivity index (χ2n) is 10.2. The zero-order valence-electron chi connectivity index (χ0n) is 22.2. The Morgan fingerprint density at radius 2 is 1.70 bits per heavy atom. The number of primary amides is 1. The Morgan fingerprint density at radius 3 is 2.45 bits per heavy atom. The Morgan fingerprint density at radius 1 is 0.975 bits per heavy atom. The van der Waals surface area contributed by atoms with Gasteiger partial charge in [-0.1, -0.05) is 12.1 Å². The van der Waals surface area contributed by atoms with Gasteiger partial charge in [0.2, 0.25) is 11.8 Å². The predicted molar refractivity (Wildman–Crippen MR) is 160 cm³/mol. The average Bonchev–Trinajstić information content (AvgIpc) is 3.34. The number of aromatic amines is 1. The number of nitrogens with zero attached hydrogens (tertiary/aromatic N) is 4. The number of nitrogens with one attached hydrogen (secondary N) is 1. The Balaban J connectivity index is 1.33. The van der Waals surface area contributed by atoms with Gasteiger partial charge in [0.15, 0.2) is 0 Å². The lowest BCUT2D eigenvalue weighted by molar-refractivity contribution is -0.118. The number of aliphatic imine (C=N–C) groups is 1. The summed E-state index contributed by atoms with van der Waals surface area (Å²) in [4.78, 5) is 35.9. The van der Waals surface area contributed by atoms with E-state index < -0.39 is 5.91 Å². The molecule has 40 heavy (non-hydrogen) atoms. The number of aromatic nitrogens is 2. The number of amides is 1. The molecule has 1 aliphatic rings. The molecule has 1 aliphatic heterocycles. The number of anilines is 1. The minimum absolute atomic E-state index is 0.113. The number of rotatable bonds is 6. The lowest BCUT2D eigenvalue weighted by Crippen LogP contribution is -2.44. The minimum atomic E-state index is -0.402. The molecule has 0 unspecified atom stereocenters. The summed E-state index contributed by atoms with van der Waals surface area (Å²) in [6.45, 7) is 4.17. The maximum Gasteiger partial charge on any atom is 0.258 e. The molecule has 0 aliphatic carbocycles. The Bertz CT molecular complexity index is 1810. The van der Waals surface area contributed by atoms with E-state index in [1.165, 1.54) is 0 Å². The highest BCUT2D eigenvalue weighted by atomic mass is 16.3. The minimum Gasteiger partial charge on any atom is -0.494 e. The largest absolute Gasteiger partial charge is 0.494 e. The topological polar surface area (TPSA) is 120 Å². The smallest absolute Gasteiger partial charge is 0.258 e. The summed E-state index contributed by atoms with van der Waals surface area (Å²) in [5, 5.41) is 12.7. The first-order valence-corrected chi connectivity index (χ1v) is 13.2. The number of piperazine rings is 1. The van der Waals surface area contributed by atoms with Gasteiger partial charge in [-0.3, -0.25) is 19.6 Å². The fourth-order valence-electron chi connectivity index (χ4n) is 5.28. The quantitative estimate of drug-likeness (QED) is 0.286. The van der Waals surface area contributed by atoms with Crippen LogP contribution in [0.2, 0.25) is 0 Å². The van der Waals surface area contributed by atoms with Crippen LogP contribution in [0.1, 0.15) is 5.56 Å². The van der Waals surface area contributed by atoms with Crippen LogP contribution in [0, 0.1) is 0 Å². The molecule has 3 aromatic carbocycles. The third-order valence-electron chi connectivity index (χ3n) is 7.53. The zero-order valence-corrected chi connectivity index (χ0v) is 22.2. The number of pyridine rings is 1. The number of hydrogen-bond donors (Lipinski definition) is 3. The van der Waals surface area contributed by atoms with E-state index in [2.05, 4.69) is 39.0 Å². The van der Waals surface area contributed by atoms with Crippen LogP contribution < -0.4 is 16.2 Å². The summed E-state index contributed by atoms with van der Waals surface area (Å²) in [5.41, 5.74) is 10.1. The second kappa shape index (κ2) is 10.3. The van der Waals surface area contributed by atoms with Gasteiger partial charge in [0.05, 0.1) is 11.3 Å². The highest BCUT2D eigenvalue weighted by Crippen LogP contribution is 2.30. The summed E-state index contributed by atoms with van der Waals surface area (Å²) in [5.74, 6) is -0.632. The molecule has 202 valence electrons. The van der Waals surface area contributed by atoms with E-state index in [0.717, 1.165) is 59.6 Å². The van der Waals surface area contributed by atoms with E-state index in [0.29, 0.717) is 16.3 Å². The van der Waals surface area contributed by atoms with Crippen LogP contribution in [0.15, 0.2) is 82.7 Å². The van der Waals surface area contributed by atoms with Gasteiger partial charge in [-0.05, 0) is 72.8 Å². The molecule has 0 atom stereocenters. The van der Waals surface area contributed by atoms with Crippen molar-refractivity contribution in [1.82, 2.24) is 14.5 Å². The highest BCUT2D eigenvalue weighted by Gasteiger charge is 2.15. The fraction of sp³-hybridized carbons (Fsp3) is 0.194. The number of fused-ring (bicyclic) bond motifs is 2. The summed E-state index contributed by atoms with van der Waals surface area (Å²) in [6.07, 6.45) is 3.43. The number of hydrogen-bond acceptors (Lipinski definition) is 6. The fourth-order valence-corrected chi connectivity index (χ4v) is 5.28. The number of carbonyl (C=O) groups excluding carboxylic acids is 1. The van der Waals surface area contributed by atoms with E-state index >= 15 is 0 Å². The number of aromatic hydroxyl groups is 1. The standard InChI is InChI=1S/C31H30N6O3/c1-35-12-14-36(15-13-35)24-6-4-23(5-7-24)33-18-27-26-17-21(2-8-25(26)30(39)34-31(27)40)20-3-9-28-22(16-20)10-11-37(28)19-29(32)38/h2-11,16-18H,12-15,19H2,1H3,(H2,32,38)(H2,34,39,40). The van der Waals surface area contributed by atoms with Crippen molar-refractivity contribution in [3.05, 3.63) is 88.8 Å². The molecule has 1 saturated heterocycles. The molecule has 9 nitrogen and oxygen atoms in total. The maximum atomic E-state index is 12.6. The van der Waals surface area contributed by atoms with Gasteiger partial charge in [0.25, 0.3) is 5.56 Å². The Labute approximate surface area is 230 Å². The summed E-state index contributed by atoms with van der Waals surface area (Å²) in [6, 6.07) is 21.4. The van der Waals surface area contributed by atoms with E-state index in [4.69, 9.17) is 5.73 Å². The van der Waals surface area contributed by atoms with E-state index in [1.54, 1.807) is 12.3 Å². The first kappa shape index (κ1) is 25.4. The van der Waals surface area contributed by atoms with Gasteiger partial charge in [-0.15, -0.1) is 0 Å². The van der Waals surface area contributed by atoms with Crippen molar-refractivity contribution in [2.24, 2.45) is 10.7 Å². The first-order chi connectivity index (χ1) is 19.4. The molecule has 3 heterocycles. The predicted octanol–water partition coefficient (Wildman–Crippen LogP) is 3.84. The maximum absolute atomic E-state index is 12.6. The molecule has 2 aromatic heterocycles. The van der Waals surface area contributed by atoms with Gasteiger partial charge in [0.1, 0.15) is 6.54 Å². The first-order valence-electron chi connectivity index (χ1n) is 13.2. The van der Waals surface area contributed by atoms with Crippen LogP contribution in [0.3, 0.4) is 0 Å². The average molecular weight is 535 g/mol. The van der Waals surface area contributed by atoms with E-state index in [-0.39, 0.29) is 18.0 Å². The SMILES string of the molecule is CN1CCN(c2ccc(N=Cc3c(O)[nH]c(=O)c4ccc(-c5ccc6c(ccn6CC(N)=O)c5)cc34)cc2)CC1. The zero-order chi connectivity index (χ0) is 27.8. The Hall–Kier alpha value is -4.89. The molecule has 9 heteroatoms. The van der Waals surface area contributed by atoms with Crippen LogP contribution in [-0.2, 0) is 11.3 Å². The van der Waals surface area contributed by atoms with Gasteiger partial charge < -0.3 is 25.2 Å². The summed E-state index contributed by atoms with van der Waals surface area (Å²) >= 11 is 0. The molecule has 5 aromatic rings. The van der Waals surface area contributed by atoms with Crippen molar-refractivity contribution in [2.75, 3.05) is 38.1 Å². The van der Waals surface area contributed by atoms with Crippen LogP contribution in [0.5, 0.6) is 5.88 Å². The van der Waals surface area contributed by atoms with Crippen molar-refractivity contribution in [3.8, 4) is 17.0 Å². The molecular weight excluding hydrogens is 504 g/mol. The molecule has 1 fully saturated rings. The second-order valence-corrected chi connectivity index (χ2v) is 10.2. The van der Waals surface area contributed by atoms with Crippen molar-refractivity contribution in [1.29, 1.82) is 0 Å². The van der Waals surface area contributed by atoms with Gasteiger partial charge in [0, 0.05) is 66.0 Å². The summed E-state index contributed by atoms with van der Waals surface area (Å²) < 4.78 is 1.81. The molecule has 4 N–H and O–H groups in total. The molecular formula is C31H30N6O3. The number of H-pyrrole nitrogens is 1. The van der Waals surface area contributed by atoms with Crippen LogP contribution in [0.25, 0.3) is 32.8 Å². The van der Waals surface area contributed by atoms with Crippen molar-refractivity contribution >= 4 is 45.2 Å². The van der Waals surface area contributed by atoms with Crippen LogP contribution >= 0.6 is 0 Å². The van der Waals surface area contributed by atoms with E-state index in [9.17, 15) is 14.7 Å². The van der Waals surface area contributed by atoms with Crippen molar-refractivity contribution < 1.29 is 9.90 Å². The van der Waals surface area contributed by atoms with Crippen LogP contribution in [0.4, 0.5) is 11.4 Å². The molecule has 0 saturated carbocycles. The molecule has 6 rings (SSSR count). The Kier molecular flexibility index (Phi) is 6.57. The lowest BCUT2D eigenvalue weighted by atomic mass is 9.99. The molecule has 0 spiro atoms. The van der Waals surface area contributed by atoms with Gasteiger partial charge in [-0.25, -0.2) is 0 Å². The third kappa shape index (κ3) is 4.94. The van der Waals surface area contributed by atoms with Crippen molar-refractivity contribution in [2.45, 2.75) is 6.54 Å². The van der Waals surface area contributed by atoms with Gasteiger partial charge in [-0.2, -0.15) is 0 Å². The number of likely N-dealkylation sites (N-methyl/N-ethyl adjacent to an activating group) is 1. The number of benzene rings is 3. The lowest BCUT2D eigenvalue weighted by Gasteiger charge is -2.34. The normalized spacial score (nSPS) is 14.5. The highest BCUT2D eigenvalue weighted by molar-refractivity contribution is 6.03. The molecule has 1 amide bonds. The summed E-state index contributed by atoms with van der Waals surface area (Å²) in [7, 11) is 2.14. The van der Waals surface area contributed by atoms with Gasteiger partial charge >= 0.3 is 0 Å². The number of nitrogens with two attached hydrogens (primary N) is 1. The molecule has 0 radical (unpaired) electrons. The monoisotopic (exact) mass is 534 g/mol. The van der Waals surface area contributed by atoms with Crippen LogP contribution in [-0.4, -0.2) is 64.9 Å². The molecule has 0 bridgehead atoms. The third-order valence-corrected chi connectivity index (χ3v) is 7.53.